The Morgan fingerprint density at radius 3 is 2.19 bits per heavy atom. The number of benzene rings is 2. The molecular formula is C33H23ClF9N5O5. The van der Waals surface area contributed by atoms with Crippen molar-refractivity contribution in [2.45, 2.75) is 43.9 Å². The van der Waals surface area contributed by atoms with Crippen LogP contribution in [-0.2, 0) is 23.6 Å². The second-order valence-corrected chi connectivity index (χ2v) is 12.6. The highest BCUT2D eigenvalue weighted by atomic mass is 35.5. The van der Waals surface area contributed by atoms with Crippen molar-refractivity contribution >= 4 is 29.6 Å². The average molecular weight is 776 g/mol. The molecule has 0 saturated carbocycles. The van der Waals surface area contributed by atoms with Crippen LogP contribution in [0.1, 0.15) is 45.8 Å². The zero-order valence-corrected chi connectivity index (χ0v) is 27.7. The summed E-state index contributed by atoms with van der Waals surface area (Å²) in [4.78, 5) is 39.2. The molecule has 53 heavy (non-hydrogen) atoms. The van der Waals surface area contributed by atoms with Crippen LogP contribution < -0.4 is 9.64 Å². The number of anilines is 1. The molecule has 20 heteroatoms. The first-order valence-electron chi connectivity index (χ1n) is 15.2. The number of ether oxygens (including phenoxy) is 2. The van der Waals surface area contributed by atoms with Crippen molar-refractivity contribution in [3.8, 4) is 28.1 Å². The van der Waals surface area contributed by atoms with E-state index >= 15 is 4.39 Å². The van der Waals surface area contributed by atoms with Gasteiger partial charge in [-0.1, -0.05) is 11.6 Å². The van der Waals surface area contributed by atoms with Gasteiger partial charge in [-0.05, 0) is 48.9 Å². The fraction of sp³-hybridized carbons (Fsp3) is 0.303. The number of methoxy groups -OCH3 is 1. The first-order valence-corrected chi connectivity index (χ1v) is 15.6. The highest BCUT2D eigenvalue weighted by molar-refractivity contribution is 6.33. The van der Waals surface area contributed by atoms with Crippen LogP contribution in [0.5, 0.6) is 5.75 Å². The molecule has 4 aromatic rings. The third kappa shape index (κ3) is 7.34. The number of aromatic carboxylic acids is 1. The zero-order valence-electron chi connectivity index (χ0n) is 27.0. The number of carboxylic acid groups (broad SMARTS) is 1. The molecule has 2 aliphatic heterocycles. The number of carbonyl (C=O) groups is 2. The monoisotopic (exact) mass is 775 g/mol. The van der Waals surface area contributed by atoms with Crippen molar-refractivity contribution < 1.29 is 63.7 Å². The van der Waals surface area contributed by atoms with Crippen molar-refractivity contribution in [2.75, 3.05) is 25.1 Å². The number of rotatable bonds is 8. The Kier molecular flexibility index (Phi) is 9.37. The largest absolute Gasteiger partial charge is 0.493 e. The minimum atomic E-state index is -5.18. The van der Waals surface area contributed by atoms with Crippen molar-refractivity contribution in [3.63, 3.8) is 0 Å². The Hall–Kier alpha value is -5.33. The van der Waals surface area contributed by atoms with Gasteiger partial charge in [0, 0.05) is 29.1 Å². The highest BCUT2D eigenvalue weighted by Gasteiger charge is 2.46. The van der Waals surface area contributed by atoms with Gasteiger partial charge in [-0.25, -0.2) is 32.7 Å². The van der Waals surface area contributed by atoms with Crippen LogP contribution in [0, 0.1) is 5.82 Å². The molecular weight excluding hydrogens is 753 g/mol. The number of pyridine rings is 1. The summed E-state index contributed by atoms with van der Waals surface area (Å²) in [6.07, 6.45) is -11.1. The molecule has 0 unspecified atom stereocenters. The lowest BCUT2D eigenvalue weighted by Gasteiger charge is -2.38. The Labute approximate surface area is 297 Å². The van der Waals surface area contributed by atoms with Crippen LogP contribution in [0.25, 0.3) is 22.4 Å². The van der Waals surface area contributed by atoms with Crippen molar-refractivity contribution in [3.05, 3.63) is 87.6 Å². The lowest BCUT2D eigenvalue weighted by Crippen LogP contribution is -2.57. The first kappa shape index (κ1) is 37.4. The van der Waals surface area contributed by atoms with E-state index < -0.39 is 90.4 Å². The molecule has 280 valence electrons. The van der Waals surface area contributed by atoms with Gasteiger partial charge in [-0.2, -0.15) is 26.3 Å². The molecule has 0 bridgehead atoms. The van der Waals surface area contributed by atoms with Crippen molar-refractivity contribution in [1.82, 2.24) is 19.9 Å². The van der Waals surface area contributed by atoms with E-state index in [-0.39, 0.29) is 50.7 Å². The molecule has 6 rings (SSSR count). The van der Waals surface area contributed by atoms with Gasteiger partial charge >= 0.3 is 24.4 Å². The number of alkyl halides is 8. The molecule has 4 heterocycles. The van der Waals surface area contributed by atoms with Crippen LogP contribution in [0.15, 0.2) is 48.8 Å². The maximum Gasteiger partial charge on any atom is 0.416 e. The summed E-state index contributed by atoms with van der Waals surface area (Å²) >= 11 is 6.29. The predicted octanol–water partition coefficient (Wildman–Crippen LogP) is 8.28. The summed E-state index contributed by atoms with van der Waals surface area (Å²) in [5.74, 6) is -5.99. The van der Waals surface area contributed by atoms with Crippen LogP contribution in [0.4, 0.5) is 50.3 Å². The fourth-order valence-electron chi connectivity index (χ4n) is 5.93. The van der Waals surface area contributed by atoms with Crippen LogP contribution in [0.3, 0.4) is 0 Å². The van der Waals surface area contributed by atoms with Gasteiger partial charge in [0.2, 0.25) is 5.95 Å². The number of amides is 1. The van der Waals surface area contributed by atoms with Gasteiger partial charge in [0.1, 0.15) is 6.10 Å². The van der Waals surface area contributed by atoms with E-state index in [0.29, 0.717) is 12.1 Å². The smallest absolute Gasteiger partial charge is 0.416 e. The SMILES string of the molecule is COc1c(F)cc(-c2ncc(C(=O)O)cc2Cl)cc1-c1cnc(N2CC(F)(F)C2)nc1CN1C(=O)O[C@H](c2cc(C(F)(F)F)cc(C(F)(F)F)c2)[C@@H]1C. The number of carboxylic acids is 1. The molecule has 0 aliphatic carbocycles. The summed E-state index contributed by atoms with van der Waals surface area (Å²) in [7, 11) is 1.13. The van der Waals surface area contributed by atoms with E-state index in [1.165, 1.54) is 13.0 Å². The van der Waals surface area contributed by atoms with E-state index in [2.05, 4.69) is 15.0 Å². The summed E-state index contributed by atoms with van der Waals surface area (Å²) in [5, 5.41) is 9.11. The number of aromatic nitrogens is 3. The van der Waals surface area contributed by atoms with Crippen LogP contribution >= 0.6 is 11.6 Å². The number of nitrogens with zero attached hydrogens (tertiary/aromatic N) is 5. The fourth-order valence-corrected chi connectivity index (χ4v) is 6.20. The van der Waals surface area contributed by atoms with E-state index in [1.54, 1.807) is 0 Å². The Balaban J connectivity index is 1.44. The molecule has 2 saturated heterocycles. The normalized spacial score (nSPS) is 18.5. The van der Waals surface area contributed by atoms with Gasteiger partial charge in [0.25, 0.3) is 5.92 Å². The second-order valence-electron chi connectivity index (χ2n) is 12.2. The molecule has 2 aliphatic rings. The minimum Gasteiger partial charge on any atom is -0.493 e. The highest BCUT2D eigenvalue weighted by Crippen LogP contribution is 2.43. The Morgan fingerprint density at radius 2 is 1.64 bits per heavy atom. The average Bonchev–Trinajstić information content (AvgIpc) is 3.34. The molecule has 2 aromatic carbocycles. The molecule has 2 fully saturated rings. The molecule has 2 aromatic heterocycles. The van der Waals surface area contributed by atoms with E-state index in [4.69, 9.17) is 21.1 Å². The summed E-state index contributed by atoms with van der Waals surface area (Å²) in [6, 6.07) is 2.97. The molecule has 1 amide bonds. The lowest BCUT2D eigenvalue weighted by atomic mass is 9.97. The molecule has 10 nitrogen and oxygen atoms in total. The van der Waals surface area contributed by atoms with Gasteiger partial charge in [-0.15, -0.1) is 0 Å². The van der Waals surface area contributed by atoms with Crippen molar-refractivity contribution in [2.24, 2.45) is 0 Å². The van der Waals surface area contributed by atoms with E-state index in [1.807, 2.05) is 0 Å². The molecule has 0 radical (unpaired) electrons. The number of cyclic esters (lactones) is 1. The van der Waals surface area contributed by atoms with Gasteiger partial charge in [0.15, 0.2) is 11.6 Å². The quantitative estimate of drug-likeness (QED) is 0.177. The summed E-state index contributed by atoms with van der Waals surface area (Å²) in [5.41, 5.74) is -4.42. The van der Waals surface area contributed by atoms with Gasteiger partial charge in [0.05, 0.1) is 65.9 Å². The van der Waals surface area contributed by atoms with Gasteiger partial charge in [-0.3, -0.25) is 9.88 Å². The minimum absolute atomic E-state index is 0.0108. The van der Waals surface area contributed by atoms with E-state index in [0.717, 1.165) is 41.4 Å². The maximum absolute atomic E-state index is 15.6. The van der Waals surface area contributed by atoms with Crippen LogP contribution in [0.2, 0.25) is 5.02 Å². The third-order valence-electron chi connectivity index (χ3n) is 8.53. The first-order chi connectivity index (χ1) is 24.7. The Morgan fingerprint density at radius 1 is 1.00 bits per heavy atom. The number of carbonyl (C=O) groups excluding carboxylic acids is 1. The van der Waals surface area contributed by atoms with E-state index in [9.17, 15) is 49.8 Å². The zero-order chi connectivity index (χ0) is 38.8. The lowest BCUT2D eigenvalue weighted by molar-refractivity contribution is -0.143. The predicted molar refractivity (Wildman–Crippen MR) is 167 cm³/mol. The Bertz CT molecular complexity index is 2090. The number of hydrogen-bond donors (Lipinski definition) is 1. The maximum atomic E-state index is 15.6. The topological polar surface area (TPSA) is 118 Å². The second kappa shape index (κ2) is 13.3. The molecule has 2 atom stereocenters. The summed E-state index contributed by atoms with van der Waals surface area (Å²) < 4.78 is 136. The third-order valence-corrected chi connectivity index (χ3v) is 8.82. The molecule has 0 spiro atoms. The number of hydrogen-bond acceptors (Lipinski definition) is 8. The number of halogens is 10. The summed E-state index contributed by atoms with van der Waals surface area (Å²) in [6.45, 7) is -0.817. The van der Waals surface area contributed by atoms with Gasteiger partial charge < -0.3 is 19.5 Å². The standard InChI is InChI=1S/C33H23ClF9N5O5/c1-14-26(16-3-18(32(38,39)40)8-19(4-16)33(41,42)43)53-30(51)48(14)11-24-21(10-45-29(46-24)47-12-31(36,37)13-47)20-5-15(7-23(35)27(20)52-2)25-22(34)6-17(9-44-25)28(49)50/h3-10,14,26H,11-13H2,1-2H3,(H,49,50)/t14-,26-/m0/s1. The van der Waals surface area contributed by atoms with Crippen molar-refractivity contribution in [1.29, 1.82) is 0 Å². The molecule has 1 N–H and O–H groups in total. The van der Waals surface area contributed by atoms with Crippen LogP contribution in [-0.4, -0.2) is 69.2 Å².